The van der Waals surface area contributed by atoms with Gasteiger partial charge in [-0.15, -0.1) is 0 Å². The van der Waals surface area contributed by atoms with E-state index in [2.05, 4.69) is 50.1 Å². The predicted octanol–water partition coefficient (Wildman–Crippen LogP) is 0.272. The third-order valence-corrected chi connectivity index (χ3v) is 8.07. The lowest BCUT2D eigenvalue weighted by molar-refractivity contribution is -0.127. The highest BCUT2D eigenvalue weighted by molar-refractivity contribution is 5.79. The Morgan fingerprint density at radius 2 is 2.03 bits per heavy atom. The first-order valence-corrected chi connectivity index (χ1v) is 12.8. The van der Waals surface area contributed by atoms with Gasteiger partial charge in [-0.05, 0) is 52.1 Å². The van der Waals surface area contributed by atoms with Crippen LogP contribution in [0.25, 0.3) is 0 Å². The average molecular weight is 465 g/mol. The van der Waals surface area contributed by atoms with E-state index in [9.17, 15) is 14.4 Å². The number of carbonyl (C=O) groups excluding carboxylic acids is 1. The van der Waals surface area contributed by atoms with Crippen molar-refractivity contribution in [3.05, 3.63) is 0 Å². The molecule has 2 heterocycles. The van der Waals surface area contributed by atoms with Crippen molar-refractivity contribution < 1.29 is 9.18 Å². The topological polar surface area (TPSA) is 116 Å². The molecule has 4 fully saturated rings. The highest BCUT2D eigenvalue weighted by Gasteiger charge is 2.37. The molecule has 6 N–H and O–H groups in total. The monoisotopic (exact) mass is 464 g/mol. The van der Waals surface area contributed by atoms with Gasteiger partial charge in [-0.1, -0.05) is 19.3 Å². The van der Waals surface area contributed by atoms with Gasteiger partial charge in [0.1, 0.15) is 12.2 Å². The van der Waals surface area contributed by atoms with Gasteiger partial charge in [0.05, 0.1) is 18.4 Å². The van der Waals surface area contributed by atoms with Crippen LogP contribution >= 0.6 is 0 Å². The minimum absolute atomic E-state index is 0.0827. The van der Waals surface area contributed by atoms with Gasteiger partial charge in [-0.3, -0.25) is 15.0 Å². The number of alkyl halides is 1. The number of hydrogen-bond acceptors (Lipinski definition) is 8. The third-order valence-electron chi connectivity index (χ3n) is 8.07. The Hall–Kier alpha value is -1.35. The standard InChI is InChI=1S/C23H41FN8O/c1-32-21(30-31-22(32)19-9-10-26-14-28-19)13-27-16-6-4-5-15(11-16)23(33)29-20(12-25)17-7-2-3-8-18(17)24/h15-22,26-28,30-31H,2-11,13-14H2,1H3,(H,29,33)/t15?,16?,17?,18?,19?,20-,21?,22?/m1/s1. The Kier molecular flexibility index (Phi) is 8.91. The fraction of sp³-hybridized carbons (Fsp3) is 0.913. The third kappa shape index (κ3) is 6.21. The molecule has 4 rings (SSSR count). The van der Waals surface area contributed by atoms with E-state index in [1.165, 1.54) is 0 Å². The van der Waals surface area contributed by atoms with Gasteiger partial charge in [-0.2, -0.15) is 5.26 Å². The number of likely N-dealkylation sites (N-methyl/N-ethyl adjacent to an activating group) is 1. The Balaban J connectivity index is 1.23. The molecule has 0 radical (unpaired) electrons. The lowest BCUT2D eigenvalue weighted by Crippen LogP contribution is -2.58. The summed E-state index contributed by atoms with van der Waals surface area (Å²) in [5.41, 5.74) is 6.83. The van der Waals surface area contributed by atoms with Gasteiger partial charge >= 0.3 is 0 Å². The summed E-state index contributed by atoms with van der Waals surface area (Å²) in [7, 11) is 2.14. The molecule has 186 valence electrons. The quantitative estimate of drug-likeness (QED) is 0.318. The van der Waals surface area contributed by atoms with Crippen LogP contribution in [-0.2, 0) is 4.79 Å². The molecular weight excluding hydrogens is 423 g/mol. The number of hydrogen-bond donors (Lipinski definition) is 6. The summed E-state index contributed by atoms with van der Waals surface area (Å²) >= 11 is 0. The SMILES string of the molecule is CN1C(CNC2CCCC(C(=O)N[C@H](C#N)C3CCCCC3F)C2)NNC1C1CCNCN1. The number of halogens is 1. The van der Waals surface area contributed by atoms with Crippen molar-refractivity contribution >= 4 is 5.91 Å². The summed E-state index contributed by atoms with van der Waals surface area (Å²) in [6.45, 7) is 2.65. The van der Waals surface area contributed by atoms with Crippen molar-refractivity contribution in [2.75, 3.05) is 26.8 Å². The summed E-state index contributed by atoms with van der Waals surface area (Å²) in [6.07, 6.45) is 7.11. The number of carbonyl (C=O) groups is 1. The molecule has 2 aliphatic carbocycles. The Bertz CT molecular complexity index is 684. The van der Waals surface area contributed by atoms with Crippen LogP contribution < -0.4 is 32.1 Å². The molecule has 0 aromatic rings. The lowest BCUT2D eigenvalue weighted by atomic mass is 9.81. The molecule has 4 aliphatic rings. The fourth-order valence-corrected chi connectivity index (χ4v) is 5.97. The minimum atomic E-state index is -0.988. The summed E-state index contributed by atoms with van der Waals surface area (Å²) < 4.78 is 14.3. The van der Waals surface area contributed by atoms with Gasteiger partial charge in [0, 0.05) is 37.1 Å². The average Bonchev–Trinajstić information content (AvgIpc) is 3.22. The van der Waals surface area contributed by atoms with Crippen LogP contribution in [0.1, 0.15) is 57.8 Å². The van der Waals surface area contributed by atoms with Crippen molar-refractivity contribution in [1.82, 2.24) is 37.0 Å². The number of nitriles is 1. The number of nitrogens with zero attached hydrogens (tertiary/aromatic N) is 2. The first kappa shape index (κ1) is 24.8. The predicted molar refractivity (Wildman–Crippen MR) is 124 cm³/mol. The zero-order valence-electron chi connectivity index (χ0n) is 19.8. The van der Waals surface area contributed by atoms with Crippen LogP contribution in [0.15, 0.2) is 0 Å². The van der Waals surface area contributed by atoms with E-state index in [-0.39, 0.29) is 36.1 Å². The van der Waals surface area contributed by atoms with Crippen molar-refractivity contribution in [3.63, 3.8) is 0 Å². The maximum absolute atomic E-state index is 14.3. The minimum Gasteiger partial charge on any atom is -0.340 e. The molecule has 2 saturated heterocycles. The fourth-order valence-electron chi connectivity index (χ4n) is 5.97. The van der Waals surface area contributed by atoms with E-state index in [1.807, 2.05) is 0 Å². The largest absolute Gasteiger partial charge is 0.340 e. The van der Waals surface area contributed by atoms with Crippen LogP contribution in [0.4, 0.5) is 4.39 Å². The molecule has 2 aliphatic heterocycles. The van der Waals surface area contributed by atoms with Crippen LogP contribution in [-0.4, -0.2) is 74.2 Å². The van der Waals surface area contributed by atoms with E-state index < -0.39 is 12.2 Å². The van der Waals surface area contributed by atoms with E-state index in [0.717, 1.165) is 64.7 Å². The van der Waals surface area contributed by atoms with Crippen LogP contribution in [0.3, 0.4) is 0 Å². The molecule has 10 heteroatoms. The van der Waals surface area contributed by atoms with Gasteiger partial charge < -0.3 is 16.0 Å². The molecule has 7 unspecified atom stereocenters. The highest BCUT2D eigenvalue weighted by Crippen LogP contribution is 2.30. The molecule has 8 atom stereocenters. The summed E-state index contributed by atoms with van der Waals surface area (Å²) in [5, 5.41) is 23.0. The summed E-state index contributed by atoms with van der Waals surface area (Å²) in [4.78, 5) is 15.3. The van der Waals surface area contributed by atoms with E-state index in [0.29, 0.717) is 18.9 Å². The van der Waals surface area contributed by atoms with E-state index >= 15 is 0 Å². The second-order valence-electron chi connectivity index (χ2n) is 10.2. The molecule has 0 aromatic heterocycles. The second kappa shape index (κ2) is 11.9. The molecule has 2 saturated carbocycles. The summed E-state index contributed by atoms with van der Waals surface area (Å²) in [6, 6.07) is 2.11. The van der Waals surface area contributed by atoms with Crippen molar-refractivity contribution in [3.8, 4) is 6.07 Å². The van der Waals surface area contributed by atoms with Crippen LogP contribution in [0.5, 0.6) is 0 Å². The Morgan fingerprint density at radius 3 is 2.79 bits per heavy atom. The zero-order chi connectivity index (χ0) is 23.2. The van der Waals surface area contributed by atoms with Gasteiger partial charge in [0.15, 0.2) is 0 Å². The van der Waals surface area contributed by atoms with Gasteiger partial charge in [-0.25, -0.2) is 15.2 Å². The number of amides is 1. The molecule has 0 bridgehead atoms. The molecule has 0 aromatic carbocycles. The van der Waals surface area contributed by atoms with Crippen LogP contribution in [0.2, 0.25) is 0 Å². The first-order valence-electron chi connectivity index (χ1n) is 12.8. The Labute approximate surface area is 196 Å². The maximum atomic E-state index is 14.3. The molecule has 1 amide bonds. The zero-order valence-corrected chi connectivity index (χ0v) is 19.8. The number of rotatable bonds is 7. The maximum Gasteiger partial charge on any atom is 0.224 e. The normalized spacial score (nSPS) is 39.0. The summed E-state index contributed by atoms with van der Waals surface area (Å²) in [5.74, 6) is -0.572. The Morgan fingerprint density at radius 1 is 1.18 bits per heavy atom. The smallest absolute Gasteiger partial charge is 0.224 e. The molecule has 9 nitrogen and oxygen atoms in total. The lowest BCUT2D eigenvalue weighted by Gasteiger charge is -2.35. The van der Waals surface area contributed by atoms with Crippen molar-refractivity contribution in [2.24, 2.45) is 11.8 Å². The van der Waals surface area contributed by atoms with Gasteiger partial charge in [0.25, 0.3) is 0 Å². The van der Waals surface area contributed by atoms with Crippen molar-refractivity contribution in [2.45, 2.75) is 94.4 Å². The number of nitrogens with one attached hydrogen (secondary N) is 6. The first-order chi connectivity index (χ1) is 16.1. The highest BCUT2D eigenvalue weighted by atomic mass is 19.1. The molecule has 33 heavy (non-hydrogen) atoms. The van der Waals surface area contributed by atoms with Crippen LogP contribution in [0, 0.1) is 23.2 Å². The molecular formula is C23H41FN8O. The van der Waals surface area contributed by atoms with Gasteiger partial charge in [0.2, 0.25) is 5.91 Å². The molecule has 0 spiro atoms. The van der Waals surface area contributed by atoms with Crippen molar-refractivity contribution in [1.29, 1.82) is 5.26 Å². The van der Waals surface area contributed by atoms with E-state index in [1.54, 1.807) is 0 Å². The number of hydrazine groups is 1. The second-order valence-corrected chi connectivity index (χ2v) is 10.2. The van der Waals surface area contributed by atoms with E-state index in [4.69, 9.17) is 0 Å².